The molecule has 12 nitrogen and oxygen atoms in total. The first-order valence-electron chi connectivity index (χ1n) is 7.98. The Morgan fingerprint density at radius 1 is 1.11 bits per heavy atom. The molecular weight excluding hydrogens is 400 g/mol. The predicted octanol–water partition coefficient (Wildman–Crippen LogP) is -1.62. The zero-order valence-electron chi connectivity index (χ0n) is 14.9. The minimum atomic E-state index is -4.50. The van der Waals surface area contributed by atoms with E-state index in [0.29, 0.717) is 4.90 Å². The number of rotatable bonds is 13. The highest BCUT2D eigenvalue weighted by Gasteiger charge is 2.24. The van der Waals surface area contributed by atoms with Crippen molar-refractivity contribution < 1.29 is 46.8 Å². The number of imide groups is 1. The van der Waals surface area contributed by atoms with E-state index >= 15 is 0 Å². The first-order valence-corrected chi connectivity index (χ1v) is 9.55. The number of carbonyl (C=O) groups is 5. The zero-order valence-corrected chi connectivity index (χ0v) is 15.7. The summed E-state index contributed by atoms with van der Waals surface area (Å²) in [6.07, 6.45) is -0.981. The molecule has 0 unspecified atom stereocenters. The van der Waals surface area contributed by atoms with E-state index in [9.17, 15) is 36.9 Å². The van der Waals surface area contributed by atoms with Gasteiger partial charge in [-0.25, -0.2) is 8.42 Å². The number of ether oxygens (including phenoxy) is 1. The van der Waals surface area contributed by atoms with Gasteiger partial charge in [-0.2, -0.15) is 0 Å². The fraction of sp³-hybridized carbons (Fsp3) is 0.533. The monoisotopic (exact) mass is 421 g/mol. The second-order valence-corrected chi connectivity index (χ2v) is 6.87. The Bertz CT molecular complexity index is 716. The highest BCUT2D eigenvalue weighted by Crippen LogP contribution is 2.04. The number of amides is 3. The lowest BCUT2D eigenvalue weighted by atomic mass is 10.2. The number of carboxylic acids is 1. The van der Waals surface area contributed by atoms with Crippen LogP contribution in [0.3, 0.4) is 0 Å². The summed E-state index contributed by atoms with van der Waals surface area (Å²) in [7, 11) is -4.50. The number of nitrogens with one attached hydrogen (secondary N) is 1. The van der Waals surface area contributed by atoms with Gasteiger partial charge in [0.05, 0.1) is 22.3 Å². The molecule has 2 N–H and O–H groups in total. The molecule has 0 aromatic heterocycles. The van der Waals surface area contributed by atoms with Gasteiger partial charge in [-0.15, -0.1) is 0 Å². The molecule has 0 spiro atoms. The lowest BCUT2D eigenvalue weighted by molar-refractivity contribution is -0.150. The van der Waals surface area contributed by atoms with Crippen molar-refractivity contribution >= 4 is 39.8 Å². The lowest BCUT2D eigenvalue weighted by Gasteiger charge is -2.20. The second-order valence-electron chi connectivity index (χ2n) is 5.34. The number of hydrogen-bond donors (Lipinski definition) is 2. The van der Waals surface area contributed by atoms with Crippen molar-refractivity contribution in [3.63, 3.8) is 0 Å². The third-order valence-corrected chi connectivity index (χ3v) is 3.75. The molecule has 0 aliphatic carbocycles. The molecule has 0 aromatic carbocycles. The number of carbonyl (C=O) groups excluding carboxylic acids is 4. The maximum Gasteiger partial charge on any atom is 0.312 e. The third kappa shape index (κ3) is 12.5. The topological polar surface area (TPSA) is 187 Å². The van der Waals surface area contributed by atoms with E-state index in [4.69, 9.17) is 9.84 Å². The Hall–Kier alpha value is -2.80. The summed E-state index contributed by atoms with van der Waals surface area (Å²) in [5.74, 6) is -5.73. The summed E-state index contributed by atoms with van der Waals surface area (Å²) in [5.41, 5.74) is 0. The number of nitrogens with zero attached hydrogens (tertiary/aromatic N) is 1. The Morgan fingerprint density at radius 3 is 2.29 bits per heavy atom. The van der Waals surface area contributed by atoms with Crippen molar-refractivity contribution in [3.05, 3.63) is 12.7 Å². The molecule has 158 valence electrons. The summed E-state index contributed by atoms with van der Waals surface area (Å²) in [4.78, 5) is 58.3. The summed E-state index contributed by atoms with van der Waals surface area (Å²) in [5, 5.41) is 10.8. The molecular formula is C15H21N2O10S-. The Morgan fingerprint density at radius 2 is 1.75 bits per heavy atom. The van der Waals surface area contributed by atoms with E-state index < -0.39 is 77.9 Å². The molecule has 0 atom stereocenters. The van der Waals surface area contributed by atoms with Crippen molar-refractivity contribution in [1.29, 1.82) is 0 Å². The molecule has 0 bridgehead atoms. The van der Waals surface area contributed by atoms with Gasteiger partial charge < -0.3 is 19.7 Å². The fourth-order valence-electron chi connectivity index (χ4n) is 1.80. The maximum atomic E-state index is 12.1. The second kappa shape index (κ2) is 12.6. The smallest absolute Gasteiger partial charge is 0.312 e. The average Bonchev–Trinajstić information content (AvgIpc) is 2.56. The van der Waals surface area contributed by atoms with Gasteiger partial charge in [0, 0.05) is 25.9 Å². The normalized spacial score (nSPS) is 10.6. The highest BCUT2D eigenvalue weighted by molar-refractivity contribution is 7.85. The van der Waals surface area contributed by atoms with Crippen LogP contribution in [0.2, 0.25) is 0 Å². The van der Waals surface area contributed by atoms with E-state index in [-0.39, 0.29) is 13.0 Å². The van der Waals surface area contributed by atoms with Gasteiger partial charge in [-0.05, 0) is 0 Å². The molecule has 0 saturated heterocycles. The third-order valence-electron chi connectivity index (χ3n) is 3.05. The van der Waals surface area contributed by atoms with Crippen LogP contribution >= 0.6 is 0 Å². The van der Waals surface area contributed by atoms with E-state index in [2.05, 4.69) is 11.9 Å². The lowest BCUT2D eigenvalue weighted by Crippen LogP contribution is -2.40. The SMILES string of the molecule is C=CCOC(=O)CCN(C(=O)CCC(=O)NCCS(=O)(=O)[O-])C(=O)CC(=O)O. The van der Waals surface area contributed by atoms with Crippen molar-refractivity contribution in [1.82, 2.24) is 10.2 Å². The van der Waals surface area contributed by atoms with Crippen LogP contribution in [0.4, 0.5) is 0 Å². The molecule has 28 heavy (non-hydrogen) atoms. The van der Waals surface area contributed by atoms with Crippen LogP contribution in [0.15, 0.2) is 12.7 Å². The molecule has 13 heteroatoms. The fourth-order valence-corrected chi connectivity index (χ4v) is 2.15. The molecule has 0 radical (unpaired) electrons. The van der Waals surface area contributed by atoms with E-state index in [1.165, 1.54) is 6.08 Å². The molecule has 0 fully saturated rings. The largest absolute Gasteiger partial charge is 0.748 e. The molecule has 0 heterocycles. The van der Waals surface area contributed by atoms with Crippen LogP contribution in [-0.2, 0) is 38.8 Å². The maximum absolute atomic E-state index is 12.1. The van der Waals surface area contributed by atoms with Crippen LogP contribution in [0.1, 0.15) is 25.7 Å². The van der Waals surface area contributed by atoms with Crippen molar-refractivity contribution in [2.24, 2.45) is 0 Å². The van der Waals surface area contributed by atoms with Crippen LogP contribution < -0.4 is 5.32 Å². The molecule has 3 amide bonds. The van der Waals surface area contributed by atoms with Gasteiger partial charge in [0.15, 0.2) is 0 Å². The Labute approximate surface area is 161 Å². The van der Waals surface area contributed by atoms with Gasteiger partial charge in [0.2, 0.25) is 17.7 Å². The van der Waals surface area contributed by atoms with Crippen molar-refractivity contribution in [3.8, 4) is 0 Å². The average molecular weight is 421 g/mol. The van der Waals surface area contributed by atoms with Gasteiger partial charge in [0.25, 0.3) is 0 Å². The molecule has 0 aliphatic heterocycles. The van der Waals surface area contributed by atoms with Crippen LogP contribution in [0, 0.1) is 0 Å². The number of hydrogen-bond acceptors (Lipinski definition) is 9. The minimum Gasteiger partial charge on any atom is -0.748 e. The number of esters is 1. The van der Waals surface area contributed by atoms with Gasteiger partial charge >= 0.3 is 11.9 Å². The highest BCUT2D eigenvalue weighted by atomic mass is 32.2. The first-order chi connectivity index (χ1) is 13.0. The van der Waals surface area contributed by atoms with Crippen molar-refractivity contribution in [2.75, 3.05) is 25.4 Å². The molecule has 0 aromatic rings. The summed E-state index contributed by atoms with van der Waals surface area (Å²) >= 11 is 0. The van der Waals surface area contributed by atoms with Gasteiger partial charge in [-0.1, -0.05) is 12.7 Å². The van der Waals surface area contributed by atoms with Gasteiger partial charge in [0.1, 0.15) is 13.0 Å². The van der Waals surface area contributed by atoms with Crippen molar-refractivity contribution in [2.45, 2.75) is 25.7 Å². The minimum absolute atomic E-state index is 0.0743. The quantitative estimate of drug-likeness (QED) is 0.151. The molecule has 0 rings (SSSR count). The predicted molar refractivity (Wildman–Crippen MR) is 91.6 cm³/mol. The molecule has 0 aliphatic rings. The summed E-state index contributed by atoms with van der Waals surface area (Å²) in [6.45, 7) is 2.40. The van der Waals surface area contributed by atoms with E-state index in [1.54, 1.807) is 0 Å². The number of aliphatic carboxylic acids is 1. The zero-order chi connectivity index (χ0) is 21.7. The number of carboxylic acid groups (broad SMARTS) is 1. The van der Waals surface area contributed by atoms with Crippen LogP contribution in [-0.4, -0.2) is 78.1 Å². The van der Waals surface area contributed by atoms with E-state index in [0.717, 1.165) is 0 Å². The van der Waals surface area contributed by atoms with Gasteiger partial charge in [-0.3, -0.25) is 28.9 Å². The van der Waals surface area contributed by atoms with Crippen LogP contribution in [0.25, 0.3) is 0 Å². The standard InChI is InChI=1S/C15H22N2O10S/c1-2-8-27-15(23)5-7-17(13(20)10-14(21)22)12(19)4-3-11(18)16-6-9-28(24,25)26/h2H,1,3-10H2,(H,16,18)(H,21,22)(H,24,25,26)/p-1. The summed E-state index contributed by atoms with van der Waals surface area (Å²) < 4.78 is 36.0. The summed E-state index contributed by atoms with van der Waals surface area (Å²) in [6, 6.07) is 0. The molecule has 0 saturated carbocycles. The Balaban J connectivity index is 4.71. The first kappa shape index (κ1) is 25.2. The van der Waals surface area contributed by atoms with E-state index in [1.807, 2.05) is 0 Å². The van der Waals surface area contributed by atoms with Crippen LogP contribution in [0.5, 0.6) is 0 Å². The Kier molecular flexibility index (Phi) is 11.3.